The molecule has 0 spiro atoms. The Labute approximate surface area is 114 Å². The van der Waals surface area contributed by atoms with Crippen LogP contribution in [0.5, 0.6) is 0 Å². The maximum Gasteiger partial charge on any atom is 0.102 e. The van der Waals surface area contributed by atoms with Crippen molar-refractivity contribution in [2.24, 2.45) is 0 Å². The molecule has 0 aromatic rings. The highest BCUT2D eigenvalue weighted by molar-refractivity contribution is 4.82. The molecule has 0 saturated carbocycles. The number of hydrogen-bond donors (Lipinski definition) is 0. The van der Waals surface area contributed by atoms with E-state index in [-0.39, 0.29) is 0 Å². The van der Waals surface area contributed by atoms with E-state index < -0.39 is 0 Å². The van der Waals surface area contributed by atoms with E-state index in [0.717, 1.165) is 16.6 Å². The summed E-state index contributed by atoms with van der Waals surface area (Å²) in [7, 11) is 11.8. The summed E-state index contributed by atoms with van der Waals surface area (Å²) in [4.78, 5) is 2.74. The molecule has 0 aliphatic carbocycles. The van der Waals surface area contributed by atoms with Crippen molar-refractivity contribution in [1.29, 1.82) is 0 Å². The number of piperidine rings is 1. The van der Waals surface area contributed by atoms with Gasteiger partial charge in [0.05, 0.1) is 54.9 Å². The van der Waals surface area contributed by atoms with Crippen LogP contribution < -0.4 is 0 Å². The molecule has 2 atom stereocenters. The molecule has 0 amide bonds. The van der Waals surface area contributed by atoms with E-state index in [9.17, 15) is 0 Å². The maximum atomic E-state index is 2.74. The molecule has 2 unspecified atom stereocenters. The van der Waals surface area contributed by atoms with Gasteiger partial charge in [0.2, 0.25) is 0 Å². The van der Waals surface area contributed by atoms with Gasteiger partial charge in [-0.05, 0) is 6.42 Å². The molecule has 2 fully saturated rings. The largest absolute Gasteiger partial charge is 0.331 e. The van der Waals surface area contributed by atoms with Crippen molar-refractivity contribution in [2.45, 2.75) is 37.8 Å². The summed E-state index contributed by atoms with van der Waals surface area (Å²) in [5, 5.41) is 0. The van der Waals surface area contributed by atoms with Crippen molar-refractivity contribution in [2.75, 3.05) is 61.4 Å². The van der Waals surface area contributed by atoms with E-state index >= 15 is 0 Å². The van der Waals surface area contributed by atoms with Gasteiger partial charge in [0.15, 0.2) is 0 Å². The number of fused-ring (bicyclic) bond motifs is 2. The third-order valence-corrected chi connectivity index (χ3v) is 5.20. The molecule has 3 heteroatoms. The second-order valence-electron chi connectivity index (χ2n) is 7.99. The molecule has 0 N–H and O–H groups in total. The van der Waals surface area contributed by atoms with Gasteiger partial charge < -0.3 is 8.97 Å². The summed E-state index contributed by atoms with van der Waals surface area (Å²) in [6.07, 6.45) is 5.69. The van der Waals surface area contributed by atoms with Crippen LogP contribution in [0.2, 0.25) is 0 Å². The van der Waals surface area contributed by atoms with Crippen LogP contribution in [0.15, 0.2) is 0 Å². The van der Waals surface area contributed by atoms with Crippen LogP contribution in [-0.4, -0.2) is 87.4 Å². The Bertz CT molecular complexity index is 264. The first-order chi connectivity index (χ1) is 8.29. The molecule has 106 valence electrons. The Hall–Kier alpha value is -0.120. The van der Waals surface area contributed by atoms with Crippen LogP contribution in [0.1, 0.15) is 25.7 Å². The van der Waals surface area contributed by atoms with Crippen LogP contribution in [0.3, 0.4) is 0 Å². The predicted molar refractivity (Wildman–Crippen MR) is 77.5 cm³/mol. The highest BCUT2D eigenvalue weighted by Crippen LogP contribution is 2.32. The highest BCUT2D eigenvalue weighted by atomic mass is 15.4. The fourth-order valence-electron chi connectivity index (χ4n) is 3.78. The molecule has 2 rings (SSSR count). The second kappa shape index (κ2) is 5.10. The fourth-order valence-corrected chi connectivity index (χ4v) is 3.78. The Morgan fingerprint density at radius 1 is 1.06 bits per heavy atom. The van der Waals surface area contributed by atoms with Crippen molar-refractivity contribution >= 4 is 0 Å². The molecule has 0 aromatic carbocycles. The number of likely N-dealkylation sites (N-methyl/N-ethyl adjacent to an activating group) is 1. The number of piperazine rings is 1. The topological polar surface area (TPSA) is 3.24 Å². The number of likely N-dealkylation sites (tertiary alicyclic amines) is 1. The average Bonchev–Trinajstić information content (AvgIpc) is 2.16. The van der Waals surface area contributed by atoms with E-state index in [1.807, 2.05) is 0 Å². The first kappa shape index (κ1) is 14.3. The monoisotopic (exact) mass is 255 g/mol. The van der Waals surface area contributed by atoms with Gasteiger partial charge in [-0.2, -0.15) is 0 Å². The minimum Gasteiger partial charge on any atom is -0.331 e. The summed E-state index contributed by atoms with van der Waals surface area (Å²) >= 11 is 0. The number of hydrogen-bond acceptors (Lipinski definition) is 1. The Morgan fingerprint density at radius 2 is 1.61 bits per heavy atom. The average molecular weight is 255 g/mol. The lowest BCUT2D eigenvalue weighted by atomic mass is 9.89. The van der Waals surface area contributed by atoms with Crippen LogP contribution in [0.25, 0.3) is 0 Å². The first-order valence-corrected chi connectivity index (χ1v) is 7.65. The zero-order valence-electron chi connectivity index (χ0n) is 13.2. The Kier molecular flexibility index (Phi) is 4.05. The number of quaternary nitrogens is 2. The minimum absolute atomic E-state index is 0.890. The molecule has 3 nitrogen and oxygen atoms in total. The molecule has 0 radical (unpaired) electrons. The van der Waals surface area contributed by atoms with Crippen LogP contribution in [0, 0.1) is 0 Å². The van der Waals surface area contributed by atoms with Gasteiger partial charge in [0.1, 0.15) is 12.1 Å². The number of nitrogens with zero attached hydrogens (tertiary/aromatic N) is 3. The molecule has 2 aliphatic heterocycles. The Morgan fingerprint density at radius 3 is 2.11 bits per heavy atom. The lowest BCUT2D eigenvalue weighted by Gasteiger charge is -2.54. The summed E-state index contributed by atoms with van der Waals surface area (Å²) in [5.74, 6) is 0. The van der Waals surface area contributed by atoms with Gasteiger partial charge in [0, 0.05) is 25.8 Å². The summed E-state index contributed by atoms with van der Waals surface area (Å²) in [6, 6.07) is 1.78. The molecular formula is C15H33N3+2. The minimum atomic E-state index is 0.890. The molecular weight excluding hydrogens is 222 g/mol. The maximum absolute atomic E-state index is 2.74. The van der Waals surface area contributed by atoms with Crippen molar-refractivity contribution in [3.63, 3.8) is 0 Å². The van der Waals surface area contributed by atoms with Gasteiger partial charge in [0.25, 0.3) is 0 Å². The van der Waals surface area contributed by atoms with Crippen molar-refractivity contribution in [1.82, 2.24) is 4.90 Å². The van der Waals surface area contributed by atoms with Gasteiger partial charge in [-0.15, -0.1) is 0 Å². The fraction of sp³-hybridized carbons (Fsp3) is 1.00. The van der Waals surface area contributed by atoms with E-state index in [2.05, 4.69) is 40.1 Å². The van der Waals surface area contributed by atoms with Crippen LogP contribution in [-0.2, 0) is 0 Å². The standard InChI is InChI=1S/C15H33N3/c1-17(2,3)11-7-10-16-12-14-8-6-9-15(13-16)18(14,4)5/h14-15H,6-13H2,1-5H3/q+2. The van der Waals surface area contributed by atoms with Crippen molar-refractivity contribution in [3.05, 3.63) is 0 Å². The molecule has 0 aromatic heterocycles. The smallest absolute Gasteiger partial charge is 0.102 e. The lowest BCUT2D eigenvalue weighted by Crippen LogP contribution is -2.68. The van der Waals surface area contributed by atoms with Crippen molar-refractivity contribution in [3.8, 4) is 0 Å². The SMILES string of the molecule is C[N+](C)(C)CCCN1CC2CCCC(C1)[N+]2(C)C. The summed E-state index contributed by atoms with van der Waals surface area (Å²) < 4.78 is 2.38. The third kappa shape index (κ3) is 3.25. The molecule has 18 heavy (non-hydrogen) atoms. The third-order valence-electron chi connectivity index (χ3n) is 5.20. The quantitative estimate of drug-likeness (QED) is 0.686. The van der Waals surface area contributed by atoms with Gasteiger partial charge >= 0.3 is 0 Å². The lowest BCUT2D eigenvalue weighted by molar-refractivity contribution is -0.948. The van der Waals surface area contributed by atoms with E-state index in [0.29, 0.717) is 0 Å². The molecule has 2 bridgehead atoms. The molecule has 2 aliphatic rings. The first-order valence-electron chi connectivity index (χ1n) is 7.65. The zero-order chi connectivity index (χ0) is 13.4. The highest BCUT2D eigenvalue weighted by Gasteiger charge is 2.45. The normalized spacial score (nSPS) is 32.5. The van der Waals surface area contributed by atoms with Crippen LogP contribution >= 0.6 is 0 Å². The Balaban J connectivity index is 1.83. The predicted octanol–water partition coefficient (Wildman–Crippen LogP) is 1.40. The van der Waals surface area contributed by atoms with Gasteiger partial charge in [-0.1, -0.05) is 0 Å². The zero-order valence-corrected chi connectivity index (χ0v) is 13.2. The van der Waals surface area contributed by atoms with Gasteiger partial charge in [-0.3, -0.25) is 4.90 Å². The number of rotatable bonds is 4. The van der Waals surface area contributed by atoms with E-state index in [1.165, 1.54) is 56.3 Å². The second-order valence-corrected chi connectivity index (χ2v) is 7.99. The molecule has 2 heterocycles. The van der Waals surface area contributed by atoms with E-state index in [4.69, 9.17) is 0 Å². The summed E-state index contributed by atoms with van der Waals surface area (Å²) in [6.45, 7) is 5.27. The van der Waals surface area contributed by atoms with Crippen molar-refractivity contribution < 1.29 is 8.97 Å². The summed E-state index contributed by atoms with van der Waals surface area (Å²) in [5.41, 5.74) is 0. The van der Waals surface area contributed by atoms with Gasteiger partial charge in [-0.25, -0.2) is 0 Å². The van der Waals surface area contributed by atoms with E-state index in [1.54, 1.807) is 0 Å². The molecule has 2 saturated heterocycles. The van der Waals surface area contributed by atoms with Crippen LogP contribution in [0.4, 0.5) is 0 Å².